The van der Waals surface area contributed by atoms with Crippen LogP contribution in [0.5, 0.6) is 0 Å². The van der Waals surface area contributed by atoms with Crippen LogP contribution in [-0.4, -0.2) is 45.5 Å². The molecule has 1 fully saturated rings. The molecule has 25 heavy (non-hydrogen) atoms. The molecule has 3 heterocycles. The quantitative estimate of drug-likeness (QED) is 0.720. The first-order chi connectivity index (χ1) is 12.2. The van der Waals surface area contributed by atoms with Crippen molar-refractivity contribution in [2.45, 2.75) is 13.0 Å². The van der Waals surface area contributed by atoms with Gasteiger partial charge in [-0.1, -0.05) is 18.2 Å². The predicted octanol–water partition coefficient (Wildman–Crippen LogP) is 2.55. The van der Waals surface area contributed by atoms with Crippen LogP contribution in [0.4, 0.5) is 0 Å². The molecule has 0 spiro atoms. The van der Waals surface area contributed by atoms with Gasteiger partial charge in [0.25, 0.3) is 5.91 Å². The van der Waals surface area contributed by atoms with Gasteiger partial charge in [0.1, 0.15) is 11.9 Å². The molecule has 1 amide bonds. The molecule has 1 atom stereocenters. The number of hydrogen-bond donors (Lipinski definition) is 0. The van der Waals surface area contributed by atoms with Gasteiger partial charge < -0.3 is 9.64 Å². The Bertz CT molecular complexity index is 928. The number of carbonyl (C=O) groups excluding carboxylic acids is 1. The predicted molar refractivity (Wildman–Crippen MR) is 93.1 cm³/mol. The van der Waals surface area contributed by atoms with Gasteiger partial charge in [0.05, 0.1) is 29.9 Å². The minimum Gasteiger partial charge on any atom is -0.368 e. The SMILES string of the molecule is Cc1nccc([C@@H]2CN(C(=O)c3cnc4ccccc4c3)CCO2)n1. The van der Waals surface area contributed by atoms with Gasteiger partial charge in [-0.25, -0.2) is 9.97 Å². The van der Waals surface area contributed by atoms with Crippen LogP contribution in [0.2, 0.25) is 0 Å². The van der Waals surface area contributed by atoms with E-state index in [-0.39, 0.29) is 12.0 Å². The zero-order chi connectivity index (χ0) is 17.2. The van der Waals surface area contributed by atoms with Gasteiger partial charge in [-0.15, -0.1) is 0 Å². The number of hydrogen-bond acceptors (Lipinski definition) is 5. The smallest absolute Gasteiger partial charge is 0.255 e. The summed E-state index contributed by atoms with van der Waals surface area (Å²) >= 11 is 0. The summed E-state index contributed by atoms with van der Waals surface area (Å²) in [6.45, 7) is 3.37. The number of rotatable bonds is 2. The average molecular weight is 334 g/mol. The number of aromatic nitrogens is 3. The Morgan fingerprint density at radius 3 is 3.00 bits per heavy atom. The molecule has 6 heteroatoms. The number of ether oxygens (including phenoxy) is 1. The molecule has 4 rings (SSSR count). The minimum atomic E-state index is -0.229. The Labute approximate surface area is 145 Å². The second-order valence-corrected chi connectivity index (χ2v) is 6.06. The molecule has 3 aromatic rings. The summed E-state index contributed by atoms with van der Waals surface area (Å²) in [5.74, 6) is 0.667. The average Bonchev–Trinajstić information content (AvgIpc) is 2.67. The zero-order valence-corrected chi connectivity index (χ0v) is 13.9. The van der Waals surface area contributed by atoms with E-state index in [0.29, 0.717) is 31.1 Å². The number of nitrogens with zero attached hydrogens (tertiary/aromatic N) is 4. The molecular formula is C19H18N4O2. The highest BCUT2D eigenvalue weighted by atomic mass is 16.5. The maximum atomic E-state index is 12.9. The number of aryl methyl sites for hydroxylation is 1. The lowest BCUT2D eigenvalue weighted by atomic mass is 10.1. The lowest BCUT2D eigenvalue weighted by Crippen LogP contribution is -2.42. The Morgan fingerprint density at radius 2 is 2.12 bits per heavy atom. The zero-order valence-electron chi connectivity index (χ0n) is 13.9. The maximum Gasteiger partial charge on any atom is 0.255 e. The summed E-state index contributed by atoms with van der Waals surface area (Å²) < 4.78 is 5.81. The van der Waals surface area contributed by atoms with E-state index >= 15 is 0 Å². The Kier molecular flexibility index (Phi) is 4.11. The van der Waals surface area contributed by atoms with Gasteiger partial charge in [-0.2, -0.15) is 0 Å². The van der Waals surface area contributed by atoms with Crippen LogP contribution in [0.25, 0.3) is 10.9 Å². The summed E-state index contributed by atoms with van der Waals surface area (Å²) in [5, 5.41) is 0.963. The lowest BCUT2D eigenvalue weighted by Gasteiger charge is -2.32. The number of fused-ring (bicyclic) bond motifs is 1. The lowest BCUT2D eigenvalue weighted by molar-refractivity contribution is -0.0248. The first-order valence-electron chi connectivity index (χ1n) is 8.26. The molecule has 0 bridgehead atoms. The molecule has 126 valence electrons. The van der Waals surface area contributed by atoms with Gasteiger partial charge in [-0.3, -0.25) is 9.78 Å². The van der Waals surface area contributed by atoms with Crippen LogP contribution < -0.4 is 0 Å². The van der Waals surface area contributed by atoms with E-state index in [4.69, 9.17) is 4.74 Å². The maximum absolute atomic E-state index is 12.9. The van der Waals surface area contributed by atoms with Crippen molar-refractivity contribution in [3.8, 4) is 0 Å². The van der Waals surface area contributed by atoms with Gasteiger partial charge in [-0.05, 0) is 25.1 Å². The molecule has 0 radical (unpaired) electrons. The molecule has 0 aliphatic carbocycles. The van der Waals surface area contributed by atoms with Crippen molar-refractivity contribution in [3.63, 3.8) is 0 Å². The molecule has 2 aromatic heterocycles. The number of amides is 1. The van der Waals surface area contributed by atoms with Gasteiger partial charge in [0.2, 0.25) is 0 Å². The highest BCUT2D eigenvalue weighted by Gasteiger charge is 2.27. The topological polar surface area (TPSA) is 68.2 Å². The number of carbonyl (C=O) groups is 1. The summed E-state index contributed by atoms with van der Waals surface area (Å²) in [5.41, 5.74) is 2.29. The fraction of sp³-hybridized carbons (Fsp3) is 0.263. The normalized spacial score (nSPS) is 17.6. The third kappa shape index (κ3) is 3.21. The number of benzene rings is 1. The molecule has 1 aromatic carbocycles. The summed E-state index contributed by atoms with van der Waals surface area (Å²) in [4.78, 5) is 27.6. The summed E-state index contributed by atoms with van der Waals surface area (Å²) in [7, 11) is 0. The standard InChI is InChI=1S/C19H18N4O2/c1-13-20-7-6-17(22-13)18-12-23(8-9-25-18)19(24)15-10-14-4-2-3-5-16(14)21-11-15/h2-7,10-11,18H,8-9,12H2,1H3/t18-/m0/s1. The summed E-state index contributed by atoms with van der Waals surface area (Å²) in [6.07, 6.45) is 3.13. The first kappa shape index (κ1) is 15.7. The van der Waals surface area contributed by atoms with Crippen molar-refractivity contribution in [2.75, 3.05) is 19.7 Å². The van der Waals surface area contributed by atoms with Crippen LogP contribution >= 0.6 is 0 Å². The molecule has 0 unspecified atom stereocenters. The van der Waals surface area contributed by atoms with Crippen molar-refractivity contribution in [1.82, 2.24) is 19.9 Å². The van der Waals surface area contributed by atoms with Crippen LogP contribution in [0.15, 0.2) is 48.8 Å². The number of morpholine rings is 1. The highest BCUT2D eigenvalue weighted by molar-refractivity contribution is 5.97. The molecule has 1 saturated heterocycles. The van der Waals surface area contributed by atoms with Gasteiger partial charge in [0.15, 0.2) is 0 Å². The second-order valence-electron chi connectivity index (χ2n) is 6.06. The minimum absolute atomic E-state index is 0.0302. The van der Waals surface area contributed by atoms with Crippen molar-refractivity contribution in [3.05, 3.63) is 65.9 Å². The van der Waals surface area contributed by atoms with Crippen LogP contribution in [0, 0.1) is 6.92 Å². The van der Waals surface area contributed by atoms with Crippen molar-refractivity contribution in [2.24, 2.45) is 0 Å². The van der Waals surface area contributed by atoms with E-state index in [2.05, 4.69) is 15.0 Å². The van der Waals surface area contributed by atoms with E-state index < -0.39 is 0 Å². The van der Waals surface area contributed by atoms with Crippen LogP contribution in [0.1, 0.15) is 28.0 Å². The monoisotopic (exact) mass is 334 g/mol. The van der Waals surface area contributed by atoms with Crippen LogP contribution in [0.3, 0.4) is 0 Å². The van der Waals surface area contributed by atoms with Gasteiger partial charge in [0, 0.05) is 24.3 Å². The fourth-order valence-corrected chi connectivity index (χ4v) is 3.04. The van der Waals surface area contributed by atoms with E-state index in [9.17, 15) is 4.79 Å². The van der Waals surface area contributed by atoms with E-state index in [1.54, 1.807) is 17.3 Å². The van der Waals surface area contributed by atoms with Crippen molar-refractivity contribution in [1.29, 1.82) is 0 Å². The fourth-order valence-electron chi connectivity index (χ4n) is 3.04. The second kappa shape index (κ2) is 6.57. The Balaban J connectivity index is 1.56. The van der Waals surface area contributed by atoms with Crippen molar-refractivity contribution >= 4 is 16.8 Å². The highest BCUT2D eigenvalue weighted by Crippen LogP contribution is 2.22. The molecule has 1 aliphatic rings. The Morgan fingerprint density at radius 1 is 1.24 bits per heavy atom. The van der Waals surface area contributed by atoms with E-state index in [0.717, 1.165) is 16.6 Å². The number of pyridine rings is 1. The van der Waals surface area contributed by atoms with Crippen LogP contribution in [-0.2, 0) is 4.74 Å². The number of para-hydroxylation sites is 1. The van der Waals surface area contributed by atoms with Crippen molar-refractivity contribution < 1.29 is 9.53 Å². The molecule has 0 saturated carbocycles. The van der Waals surface area contributed by atoms with E-state index in [1.165, 1.54) is 0 Å². The van der Waals surface area contributed by atoms with Gasteiger partial charge >= 0.3 is 0 Å². The third-order valence-corrected chi connectivity index (χ3v) is 4.32. The first-order valence-corrected chi connectivity index (χ1v) is 8.26. The molecule has 6 nitrogen and oxygen atoms in total. The third-order valence-electron chi connectivity index (χ3n) is 4.32. The Hall–Kier alpha value is -2.86. The molecule has 1 aliphatic heterocycles. The molecular weight excluding hydrogens is 316 g/mol. The molecule has 0 N–H and O–H groups in total. The largest absolute Gasteiger partial charge is 0.368 e. The summed E-state index contributed by atoms with van der Waals surface area (Å²) in [6, 6.07) is 11.5. The van der Waals surface area contributed by atoms with E-state index in [1.807, 2.05) is 43.3 Å².